The number of aromatic nitrogens is 1. The van der Waals surface area contributed by atoms with Crippen molar-refractivity contribution < 1.29 is 8.42 Å². The van der Waals surface area contributed by atoms with Gasteiger partial charge in [0.05, 0.1) is 26.1 Å². The van der Waals surface area contributed by atoms with E-state index in [4.69, 9.17) is 23.2 Å². The van der Waals surface area contributed by atoms with Gasteiger partial charge in [-0.05, 0) is 42.7 Å². The van der Waals surface area contributed by atoms with E-state index in [1.54, 1.807) is 36.5 Å². The number of aryl methyl sites for hydroxylation is 1. The first-order valence-corrected chi connectivity index (χ1v) is 13.9. The summed E-state index contributed by atoms with van der Waals surface area (Å²) in [5, 5.41) is 1.35. The Balaban J connectivity index is 1.80. The predicted molar refractivity (Wildman–Crippen MR) is 140 cm³/mol. The van der Waals surface area contributed by atoms with Crippen LogP contribution in [0.2, 0.25) is 10.0 Å². The van der Waals surface area contributed by atoms with Crippen LogP contribution < -0.4 is 4.31 Å². The van der Waals surface area contributed by atoms with Crippen molar-refractivity contribution in [2.75, 3.05) is 11.4 Å². The van der Waals surface area contributed by atoms with Crippen molar-refractivity contribution in [3.05, 3.63) is 64.3 Å². The highest BCUT2D eigenvalue weighted by Crippen LogP contribution is 2.39. The molecule has 33 heavy (non-hydrogen) atoms. The van der Waals surface area contributed by atoms with E-state index in [1.165, 1.54) is 49.9 Å². The lowest BCUT2D eigenvalue weighted by atomic mass is 10.0. The molecule has 0 spiro atoms. The van der Waals surface area contributed by atoms with Gasteiger partial charge in [-0.3, -0.25) is 9.29 Å². The first-order valence-electron chi connectivity index (χ1n) is 11.7. The molecule has 2 aromatic carbocycles. The Morgan fingerprint density at radius 3 is 2.27 bits per heavy atom. The fraction of sp³-hybridized carbons (Fsp3) is 0.423. The van der Waals surface area contributed by atoms with E-state index in [2.05, 4.69) is 11.9 Å². The van der Waals surface area contributed by atoms with Crippen LogP contribution >= 0.6 is 23.2 Å². The number of hydrogen-bond donors (Lipinski definition) is 0. The van der Waals surface area contributed by atoms with Gasteiger partial charge in [0.15, 0.2) is 0 Å². The number of nitrogens with zero attached hydrogens (tertiary/aromatic N) is 2. The molecule has 7 heteroatoms. The minimum Gasteiger partial charge on any atom is -0.266 e. The van der Waals surface area contributed by atoms with Crippen LogP contribution in [0.3, 0.4) is 0 Å². The van der Waals surface area contributed by atoms with Gasteiger partial charge >= 0.3 is 0 Å². The minimum atomic E-state index is -3.84. The highest BCUT2D eigenvalue weighted by atomic mass is 35.5. The van der Waals surface area contributed by atoms with Crippen molar-refractivity contribution in [3.63, 3.8) is 0 Å². The lowest BCUT2D eigenvalue weighted by Gasteiger charge is -2.23. The number of hydrogen-bond acceptors (Lipinski definition) is 3. The average Bonchev–Trinajstić information content (AvgIpc) is 2.81. The Morgan fingerprint density at radius 2 is 1.55 bits per heavy atom. The summed E-state index contributed by atoms with van der Waals surface area (Å²) in [5.41, 5.74) is 1.62. The quantitative estimate of drug-likeness (QED) is 0.233. The molecule has 0 saturated heterocycles. The van der Waals surface area contributed by atoms with Crippen LogP contribution in [0.1, 0.15) is 63.9 Å². The van der Waals surface area contributed by atoms with Crippen molar-refractivity contribution in [1.29, 1.82) is 0 Å². The zero-order valence-corrected chi connectivity index (χ0v) is 21.7. The summed E-state index contributed by atoms with van der Waals surface area (Å²) in [5.74, 6) is 0. The minimum absolute atomic E-state index is 0.248. The van der Waals surface area contributed by atoms with E-state index < -0.39 is 10.0 Å². The van der Waals surface area contributed by atoms with Gasteiger partial charge in [-0.15, -0.1) is 0 Å². The lowest BCUT2D eigenvalue weighted by Crippen LogP contribution is -2.28. The molecule has 1 heterocycles. The summed E-state index contributed by atoms with van der Waals surface area (Å²) >= 11 is 12.8. The van der Waals surface area contributed by atoms with E-state index in [0.717, 1.165) is 24.8 Å². The summed E-state index contributed by atoms with van der Waals surface area (Å²) in [7, 11) is -2.32. The first-order chi connectivity index (χ1) is 15.9. The average molecular weight is 508 g/mol. The number of rotatable bonds is 12. The fourth-order valence-electron chi connectivity index (χ4n) is 4.14. The molecule has 0 fully saturated rings. The second kappa shape index (κ2) is 12.0. The molecule has 0 atom stereocenters. The van der Waals surface area contributed by atoms with Crippen molar-refractivity contribution in [1.82, 2.24) is 4.98 Å². The molecule has 3 aromatic rings. The van der Waals surface area contributed by atoms with Crippen LogP contribution in [0.4, 0.5) is 5.69 Å². The Labute approximate surface area is 208 Å². The molecular formula is C26H32Cl2N2O2S. The van der Waals surface area contributed by atoms with Crippen LogP contribution in [0.5, 0.6) is 0 Å². The topological polar surface area (TPSA) is 50.3 Å². The third-order valence-corrected chi connectivity index (χ3v) is 8.45. The van der Waals surface area contributed by atoms with Crippen LogP contribution in [0, 0.1) is 0 Å². The van der Waals surface area contributed by atoms with Crippen molar-refractivity contribution in [3.8, 4) is 0 Å². The Kier molecular flexibility index (Phi) is 9.42. The maximum absolute atomic E-state index is 13.7. The number of sulfonamides is 1. The monoisotopic (exact) mass is 506 g/mol. The van der Waals surface area contributed by atoms with Gasteiger partial charge in [0.1, 0.15) is 0 Å². The number of fused-ring (bicyclic) bond motifs is 1. The summed E-state index contributed by atoms with van der Waals surface area (Å²) in [6.45, 7) is 2.22. The van der Waals surface area contributed by atoms with Crippen LogP contribution in [0.15, 0.2) is 53.6 Å². The van der Waals surface area contributed by atoms with Gasteiger partial charge in [0.2, 0.25) is 0 Å². The molecule has 1 aromatic heterocycles. The van der Waals surface area contributed by atoms with Crippen LogP contribution in [-0.4, -0.2) is 20.4 Å². The highest BCUT2D eigenvalue weighted by Gasteiger charge is 2.28. The van der Waals surface area contributed by atoms with E-state index in [-0.39, 0.29) is 5.02 Å². The molecule has 3 rings (SSSR count). The van der Waals surface area contributed by atoms with Gasteiger partial charge in [-0.1, -0.05) is 93.3 Å². The van der Waals surface area contributed by atoms with Crippen molar-refractivity contribution >= 4 is 49.8 Å². The lowest BCUT2D eigenvalue weighted by molar-refractivity contribution is 0.572. The Bertz CT molecular complexity index is 1180. The standard InChI is InChI=1S/C26H32Cl2N2O2S/c1-3-4-5-6-7-8-9-10-14-20-15-11-12-17-24(20)33(31,32)30(2)26-23(28)19-22(27)21-16-13-18-29-25(21)26/h11-13,15-19H,3-10,14H2,1-2H3. The molecule has 178 valence electrons. The summed E-state index contributed by atoms with van der Waals surface area (Å²) < 4.78 is 28.6. The zero-order valence-electron chi connectivity index (χ0n) is 19.4. The molecule has 0 bridgehead atoms. The Hall–Kier alpha value is -1.82. The van der Waals surface area contributed by atoms with Gasteiger partial charge in [-0.25, -0.2) is 8.42 Å². The molecule has 0 aliphatic heterocycles. The fourth-order valence-corrected chi connectivity index (χ4v) is 6.30. The SMILES string of the molecule is CCCCCCCCCCc1ccccc1S(=O)(=O)N(C)c1c(Cl)cc(Cl)c2cccnc12. The van der Waals surface area contributed by atoms with E-state index in [9.17, 15) is 8.42 Å². The smallest absolute Gasteiger partial charge is 0.264 e. The zero-order chi connectivity index (χ0) is 23.8. The van der Waals surface area contributed by atoms with Gasteiger partial charge in [-0.2, -0.15) is 0 Å². The largest absolute Gasteiger partial charge is 0.266 e. The van der Waals surface area contributed by atoms with Gasteiger partial charge in [0, 0.05) is 18.6 Å². The number of unbranched alkanes of at least 4 members (excludes halogenated alkanes) is 7. The van der Waals surface area contributed by atoms with Gasteiger partial charge < -0.3 is 0 Å². The highest BCUT2D eigenvalue weighted by molar-refractivity contribution is 7.92. The predicted octanol–water partition coefficient (Wildman–Crippen LogP) is 8.05. The molecule has 0 amide bonds. The van der Waals surface area contributed by atoms with Crippen molar-refractivity contribution in [2.24, 2.45) is 0 Å². The van der Waals surface area contributed by atoms with Crippen LogP contribution in [0.25, 0.3) is 10.9 Å². The molecule has 0 aliphatic rings. The molecule has 0 radical (unpaired) electrons. The van der Waals surface area contributed by atoms with Gasteiger partial charge in [0.25, 0.3) is 10.0 Å². The molecule has 0 unspecified atom stereocenters. The number of halogens is 2. The van der Waals surface area contributed by atoms with E-state index in [1.807, 2.05) is 12.1 Å². The molecular weight excluding hydrogens is 475 g/mol. The molecule has 0 aliphatic carbocycles. The van der Waals surface area contributed by atoms with E-state index in [0.29, 0.717) is 26.5 Å². The number of pyridine rings is 1. The van der Waals surface area contributed by atoms with Crippen LogP contribution in [-0.2, 0) is 16.4 Å². The summed E-state index contributed by atoms with van der Waals surface area (Å²) in [6, 6.07) is 12.4. The van der Waals surface area contributed by atoms with E-state index >= 15 is 0 Å². The number of anilines is 1. The maximum atomic E-state index is 13.7. The maximum Gasteiger partial charge on any atom is 0.264 e. The third kappa shape index (κ3) is 6.20. The normalized spacial score (nSPS) is 11.8. The molecule has 4 nitrogen and oxygen atoms in total. The molecule has 0 saturated carbocycles. The third-order valence-electron chi connectivity index (χ3n) is 5.99. The summed E-state index contributed by atoms with van der Waals surface area (Å²) in [6.07, 6.45) is 12.0. The van der Waals surface area contributed by atoms with Crippen molar-refractivity contribution in [2.45, 2.75) is 69.6 Å². The molecule has 0 N–H and O–H groups in total. The second-order valence-electron chi connectivity index (χ2n) is 8.39. The first kappa shape index (κ1) is 25.8. The second-order valence-corrected chi connectivity index (χ2v) is 11.1. The summed E-state index contributed by atoms with van der Waals surface area (Å²) in [4.78, 5) is 4.69. The Morgan fingerprint density at radius 1 is 0.879 bits per heavy atom. The number of benzene rings is 2.